The van der Waals surface area contributed by atoms with Gasteiger partial charge in [-0.25, -0.2) is 0 Å². The highest BCUT2D eigenvalue weighted by Gasteiger charge is 2.20. The van der Waals surface area contributed by atoms with Crippen LogP contribution < -0.4 is 5.32 Å². The van der Waals surface area contributed by atoms with Crippen LogP contribution >= 0.6 is 0 Å². The average molecular weight is 229 g/mol. The molecule has 3 nitrogen and oxygen atoms in total. The average Bonchev–Trinajstić information content (AvgIpc) is 2.21. The molecule has 0 radical (unpaired) electrons. The van der Waals surface area contributed by atoms with Crippen molar-refractivity contribution in [3.05, 3.63) is 0 Å². The predicted octanol–water partition coefficient (Wildman–Crippen LogP) is 2.55. The third-order valence-electron chi connectivity index (χ3n) is 3.25. The van der Waals surface area contributed by atoms with Gasteiger partial charge in [0.2, 0.25) is 0 Å². The first-order valence-electron chi connectivity index (χ1n) is 6.72. The lowest BCUT2D eigenvalue weighted by molar-refractivity contribution is -0.133. The summed E-state index contributed by atoms with van der Waals surface area (Å²) in [6, 6.07) is 0.578. The SMILES string of the molecule is CCOC(CNC(C)CC1CCC1)OCC. The Labute approximate surface area is 99.9 Å². The van der Waals surface area contributed by atoms with Crippen LogP contribution in [0.2, 0.25) is 0 Å². The van der Waals surface area contributed by atoms with Gasteiger partial charge in [0.05, 0.1) is 0 Å². The van der Waals surface area contributed by atoms with E-state index in [9.17, 15) is 0 Å². The van der Waals surface area contributed by atoms with E-state index in [0.29, 0.717) is 19.3 Å². The molecule has 0 spiro atoms. The zero-order valence-electron chi connectivity index (χ0n) is 11.0. The van der Waals surface area contributed by atoms with Crippen LogP contribution in [0.4, 0.5) is 0 Å². The van der Waals surface area contributed by atoms with E-state index < -0.39 is 0 Å². The molecule has 1 unspecified atom stereocenters. The summed E-state index contributed by atoms with van der Waals surface area (Å²) in [4.78, 5) is 0. The molecule has 0 aromatic rings. The van der Waals surface area contributed by atoms with Crippen molar-refractivity contribution >= 4 is 0 Å². The molecule has 0 aliphatic heterocycles. The van der Waals surface area contributed by atoms with Crippen LogP contribution in [-0.4, -0.2) is 32.1 Å². The summed E-state index contributed by atoms with van der Waals surface area (Å²) in [6.07, 6.45) is 5.49. The van der Waals surface area contributed by atoms with Crippen LogP contribution in [0, 0.1) is 5.92 Å². The molecule has 0 aromatic heterocycles. The minimum Gasteiger partial charge on any atom is -0.352 e. The maximum Gasteiger partial charge on any atom is 0.169 e. The number of rotatable bonds is 9. The molecule has 16 heavy (non-hydrogen) atoms. The van der Waals surface area contributed by atoms with Crippen LogP contribution in [0.15, 0.2) is 0 Å². The van der Waals surface area contributed by atoms with Gasteiger partial charge < -0.3 is 14.8 Å². The summed E-state index contributed by atoms with van der Waals surface area (Å²) in [6.45, 7) is 8.49. The summed E-state index contributed by atoms with van der Waals surface area (Å²) in [5, 5.41) is 3.50. The molecular weight excluding hydrogens is 202 g/mol. The smallest absolute Gasteiger partial charge is 0.169 e. The molecular formula is C13H27NO2. The highest BCUT2D eigenvalue weighted by molar-refractivity contribution is 4.75. The van der Waals surface area contributed by atoms with E-state index in [1.165, 1.54) is 25.7 Å². The Morgan fingerprint density at radius 3 is 2.25 bits per heavy atom. The van der Waals surface area contributed by atoms with Gasteiger partial charge in [0.1, 0.15) is 0 Å². The van der Waals surface area contributed by atoms with Crippen LogP contribution in [-0.2, 0) is 9.47 Å². The first kappa shape index (κ1) is 13.9. The van der Waals surface area contributed by atoms with Crippen molar-refractivity contribution in [1.29, 1.82) is 0 Å². The molecule has 1 N–H and O–H groups in total. The largest absolute Gasteiger partial charge is 0.352 e. The molecule has 1 atom stereocenters. The molecule has 0 amide bonds. The van der Waals surface area contributed by atoms with E-state index in [-0.39, 0.29) is 6.29 Å². The van der Waals surface area contributed by atoms with E-state index in [1.807, 2.05) is 13.8 Å². The van der Waals surface area contributed by atoms with Crippen molar-refractivity contribution in [1.82, 2.24) is 5.32 Å². The number of hydrogen-bond donors (Lipinski definition) is 1. The van der Waals surface area contributed by atoms with Crippen LogP contribution in [0.3, 0.4) is 0 Å². The normalized spacial score (nSPS) is 18.8. The molecule has 1 rings (SSSR count). The van der Waals surface area contributed by atoms with Gasteiger partial charge in [-0.05, 0) is 33.1 Å². The fourth-order valence-electron chi connectivity index (χ4n) is 2.15. The quantitative estimate of drug-likeness (QED) is 0.616. The highest BCUT2D eigenvalue weighted by Crippen LogP contribution is 2.30. The van der Waals surface area contributed by atoms with Gasteiger partial charge in [-0.15, -0.1) is 0 Å². The van der Waals surface area contributed by atoms with Gasteiger partial charge in [0, 0.05) is 25.8 Å². The van der Waals surface area contributed by atoms with Gasteiger partial charge in [0.15, 0.2) is 6.29 Å². The van der Waals surface area contributed by atoms with Crippen molar-refractivity contribution in [3.8, 4) is 0 Å². The summed E-state index contributed by atoms with van der Waals surface area (Å²) in [5.74, 6) is 0.958. The lowest BCUT2D eigenvalue weighted by atomic mass is 9.81. The monoisotopic (exact) mass is 229 g/mol. The Kier molecular flexibility index (Phi) is 7.01. The van der Waals surface area contributed by atoms with Gasteiger partial charge in [-0.2, -0.15) is 0 Å². The van der Waals surface area contributed by atoms with Gasteiger partial charge >= 0.3 is 0 Å². The molecule has 0 heterocycles. The Bertz CT molecular complexity index is 165. The topological polar surface area (TPSA) is 30.5 Å². The second kappa shape index (κ2) is 8.04. The second-order valence-corrected chi connectivity index (χ2v) is 4.68. The highest BCUT2D eigenvalue weighted by atomic mass is 16.7. The van der Waals surface area contributed by atoms with Gasteiger partial charge in [-0.3, -0.25) is 0 Å². The van der Waals surface area contributed by atoms with E-state index in [2.05, 4.69) is 12.2 Å². The number of ether oxygens (including phenoxy) is 2. The van der Waals surface area contributed by atoms with Crippen molar-refractivity contribution in [3.63, 3.8) is 0 Å². The molecule has 1 saturated carbocycles. The molecule has 1 aliphatic rings. The molecule has 1 aliphatic carbocycles. The molecule has 0 saturated heterocycles. The van der Waals surface area contributed by atoms with Crippen LogP contribution in [0.1, 0.15) is 46.5 Å². The Morgan fingerprint density at radius 2 is 1.81 bits per heavy atom. The van der Waals surface area contributed by atoms with E-state index in [1.54, 1.807) is 0 Å². The zero-order valence-corrected chi connectivity index (χ0v) is 11.0. The molecule has 3 heteroatoms. The van der Waals surface area contributed by atoms with Crippen LogP contribution in [0.5, 0.6) is 0 Å². The lowest BCUT2D eigenvalue weighted by Crippen LogP contribution is -2.38. The fourth-order valence-corrected chi connectivity index (χ4v) is 2.15. The third kappa shape index (κ3) is 5.28. The minimum absolute atomic E-state index is 0.0844. The van der Waals surface area contributed by atoms with Crippen molar-refractivity contribution in [2.75, 3.05) is 19.8 Å². The summed E-state index contributed by atoms with van der Waals surface area (Å²) in [5.41, 5.74) is 0. The Morgan fingerprint density at radius 1 is 1.19 bits per heavy atom. The minimum atomic E-state index is -0.0844. The molecule has 0 aromatic carbocycles. The summed E-state index contributed by atoms with van der Waals surface area (Å²) >= 11 is 0. The van der Waals surface area contributed by atoms with Crippen molar-refractivity contribution in [2.45, 2.75) is 58.8 Å². The first-order valence-corrected chi connectivity index (χ1v) is 6.72. The standard InChI is InChI=1S/C13H27NO2/c1-4-15-13(16-5-2)10-14-11(3)9-12-7-6-8-12/h11-14H,4-10H2,1-3H3. The molecule has 1 fully saturated rings. The van der Waals surface area contributed by atoms with Crippen molar-refractivity contribution in [2.24, 2.45) is 5.92 Å². The zero-order chi connectivity index (χ0) is 11.8. The lowest BCUT2D eigenvalue weighted by Gasteiger charge is -2.29. The predicted molar refractivity (Wildman–Crippen MR) is 66.5 cm³/mol. The Hall–Kier alpha value is -0.120. The Balaban J connectivity index is 2.08. The maximum absolute atomic E-state index is 5.49. The number of nitrogens with one attached hydrogen (secondary N) is 1. The van der Waals surface area contributed by atoms with E-state index in [4.69, 9.17) is 9.47 Å². The number of hydrogen-bond acceptors (Lipinski definition) is 3. The van der Waals surface area contributed by atoms with Crippen LogP contribution in [0.25, 0.3) is 0 Å². The van der Waals surface area contributed by atoms with Crippen molar-refractivity contribution < 1.29 is 9.47 Å². The van der Waals surface area contributed by atoms with E-state index in [0.717, 1.165) is 12.5 Å². The molecule has 0 bridgehead atoms. The third-order valence-corrected chi connectivity index (χ3v) is 3.25. The second-order valence-electron chi connectivity index (χ2n) is 4.68. The maximum atomic E-state index is 5.49. The first-order chi connectivity index (χ1) is 7.76. The van der Waals surface area contributed by atoms with Gasteiger partial charge in [0.25, 0.3) is 0 Å². The fraction of sp³-hybridized carbons (Fsp3) is 1.00. The van der Waals surface area contributed by atoms with Gasteiger partial charge in [-0.1, -0.05) is 19.3 Å². The van der Waals surface area contributed by atoms with E-state index >= 15 is 0 Å². The summed E-state index contributed by atoms with van der Waals surface area (Å²) in [7, 11) is 0. The summed E-state index contributed by atoms with van der Waals surface area (Å²) < 4.78 is 11.0. The molecule has 96 valence electrons.